The minimum atomic E-state index is -1.10. The van der Waals surface area contributed by atoms with E-state index in [1.54, 1.807) is 18.4 Å². The summed E-state index contributed by atoms with van der Waals surface area (Å²) in [6.07, 6.45) is 1.52. The first kappa shape index (κ1) is 11.6. The van der Waals surface area contributed by atoms with Crippen LogP contribution in [0.15, 0.2) is 23.1 Å². The van der Waals surface area contributed by atoms with Crippen molar-refractivity contribution in [3.05, 3.63) is 29.3 Å². The summed E-state index contributed by atoms with van der Waals surface area (Å²) in [5.41, 5.74) is 0.425. The first-order valence-electron chi connectivity index (χ1n) is 4.17. The summed E-state index contributed by atoms with van der Waals surface area (Å²) in [4.78, 5) is 22.2. The van der Waals surface area contributed by atoms with E-state index in [2.05, 4.69) is 0 Å². The second-order valence-corrected chi connectivity index (χ2v) is 3.71. The smallest absolute Gasteiger partial charge is 0.336 e. The van der Waals surface area contributed by atoms with Gasteiger partial charge in [-0.25, -0.2) is 4.79 Å². The van der Waals surface area contributed by atoms with E-state index in [-0.39, 0.29) is 12.0 Å². The molecule has 0 fully saturated rings. The Morgan fingerprint density at radius 2 is 2.00 bits per heavy atom. The molecule has 0 unspecified atom stereocenters. The van der Waals surface area contributed by atoms with Crippen LogP contribution in [0.25, 0.3) is 0 Å². The Bertz CT molecular complexity index is 400. The van der Waals surface area contributed by atoms with E-state index in [1.165, 1.54) is 17.8 Å². The third kappa shape index (κ3) is 2.73. The maximum absolute atomic E-state index is 10.9. The zero-order chi connectivity index (χ0) is 11.4. The Labute approximate surface area is 90.9 Å². The molecule has 0 amide bonds. The van der Waals surface area contributed by atoms with E-state index in [0.29, 0.717) is 10.5 Å². The number of hydrogen-bond acceptors (Lipinski definition) is 3. The van der Waals surface area contributed by atoms with Gasteiger partial charge in [-0.3, -0.25) is 4.79 Å². The normalized spacial score (nSPS) is 9.93. The molecule has 0 aliphatic heterocycles. The van der Waals surface area contributed by atoms with Crippen LogP contribution in [0.5, 0.6) is 0 Å². The fourth-order valence-electron chi connectivity index (χ4n) is 1.29. The van der Waals surface area contributed by atoms with Gasteiger partial charge in [0.05, 0.1) is 12.0 Å². The van der Waals surface area contributed by atoms with Crippen molar-refractivity contribution in [2.45, 2.75) is 11.3 Å². The Morgan fingerprint density at radius 3 is 2.47 bits per heavy atom. The first-order chi connectivity index (χ1) is 7.06. The highest BCUT2D eigenvalue weighted by Crippen LogP contribution is 2.24. The fraction of sp³-hybridized carbons (Fsp3) is 0.200. The summed E-state index contributed by atoms with van der Waals surface area (Å²) in [6, 6.07) is 4.75. The molecule has 1 aromatic rings. The van der Waals surface area contributed by atoms with Gasteiger partial charge in [-0.1, -0.05) is 6.07 Å². The SMILES string of the molecule is CSc1cccc(C(=O)O)c1CC(=O)O. The van der Waals surface area contributed by atoms with Crippen molar-refractivity contribution in [1.29, 1.82) is 0 Å². The lowest BCUT2D eigenvalue weighted by Gasteiger charge is -2.08. The summed E-state index contributed by atoms with van der Waals surface area (Å²) in [5, 5.41) is 17.6. The number of carboxylic acids is 2. The van der Waals surface area contributed by atoms with Crippen molar-refractivity contribution < 1.29 is 19.8 Å². The standard InChI is InChI=1S/C10H10O4S/c1-15-8-4-2-3-6(10(13)14)7(8)5-9(11)12/h2-4H,5H2,1H3,(H,11,12)(H,13,14). The molecule has 0 saturated heterocycles. The summed E-state index contributed by atoms with van der Waals surface area (Å²) in [6.45, 7) is 0. The molecule has 0 aliphatic carbocycles. The molecule has 0 heterocycles. The van der Waals surface area contributed by atoms with Gasteiger partial charge in [0.25, 0.3) is 0 Å². The number of rotatable bonds is 4. The van der Waals surface area contributed by atoms with Gasteiger partial charge in [-0.15, -0.1) is 11.8 Å². The molecule has 4 nitrogen and oxygen atoms in total. The number of carboxylic acid groups (broad SMARTS) is 2. The van der Waals surface area contributed by atoms with Gasteiger partial charge in [0.15, 0.2) is 0 Å². The zero-order valence-corrected chi connectivity index (χ0v) is 8.87. The fourth-order valence-corrected chi connectivity index (χ4v) is 1.93. The van der Waals surface area contributed by atoms with Crippen LogP contribution in [-0.4, -0.2) is 28.4 Å². The summed E-state index contributed by atoms with van der Waals surface area (Å²) in [5.74, 6) is -2.12. The summed E-state index contributed by atoms with van der Waals surface area (Å²) < 4.78 is 0. The van der Waals surface area contributed by atoms with Crippen molar-refractivity contribution in [3.8, 4) is 0 Å². The molecule has 0 aliphatic rings. The largest absolute Gasteiger partial charge is 0.481 e. The molecular formula is C10H10O4S. The van der Waals surface area contributed by atoms with Gasteiger partial charge in [-0.2, -0.15) is 0 Å². The maximum Gasteiger partial charge on any atom is 0.336 e. The lowest BCUT2D eigenvalue weighted by Crippen LogP contribution is -2.09. The number of carbonyl (C=O) groups is 2. The van der Waals surface area contributed by atoms with E-state index in [0.717, 1.165) is 0 Å². The lowest BCUT2D eigenvalue weighted by atomic mass is 10.0. The molecular weight excluding hydrogens is 216 g/mol. The van der Waals surface area contributed by atoms with E-state index in [9.17, 15) is 9.59 Å². The molecule has 80 valence electrons. The third-order valence-corrected chi connectivity index (χ3v) is 2.73. The van der Waals surface area contributed by atoms with Gasteiger partial charge in [0.1, 0.15) is 0 Å². The zero-order valence-electron chi connectivity index (χ0n) is 8.06. The predicted octanol–water partition coefficient (Wildman–Crippen LogP) is 1.73. The number of aromatic carboxylic acids is 1. The second-order valence-electron chi connectivity index (χ2n) is 2.86. The molecule has 0 saturated carbocycles. The monoisotopic (exact) mass is 226 g/mol. The molecule has 1 aromatic carbocycles. The number of aliphatic carboxylic acids is 1. The van der Waals surface area contributed by atoms with Gasteiger partial charge in [0, 0.05) is 4.90 Å². The van der Waals surface area contributed by atoms with Crippen LogP contribution in [0.3, 0.4) is 0 Å². The topological polar surface area (TPSA) is 74.6 Å². The van der Waals surface area contributed by atoms with Gasteiger partial charge >= 0.3 is 11.9 Å². The Balaban J connectivity index is 3.26. The van der Waals surface area contributed by atoms with Crippen LogP contribution in [0.4, 0.5) is 0 Å². The van der Waals surface area contributed by atoms with Crippen LogP contribution < -0.4 is 0 Å². The van der Waals surface area contributed by atoms with Crippen LogP contribution in [-0.2, 0) is 11.2 Å². The van der Waals surface area contributed by atoms with Crippen LogP contribution >= 0.6 is 11.8 Å². The third-order valence-electron chi connectivity index (χ3n) is 1.91. The lowest BCUT2D eigenvalue weighted by molar-refractivity contribution is -0.136. The quantitative estimate of drug-likeness (QED) is 0.765. The minimum absolute atomic E-state index is 0.0595. The van der Waals surface area contributed by atoms with Crippen LogP contribution in [0.2, 0.25) is 0 Å². The molecule has 15 heavy (non-hydrogen) atoms. The summed E-state index contributed by atoms with van der Waals surface area (Å²) in [7, 11) is 0. The van der Waals surface area contributed by atoms with E-state index in [1.807, 2.05) is 0 Å². The van der Waals surface area contributed by atoms with Gasteiger partial charge in [0.2, 0.25) is 0 Å². The second kappa shape index (κ2) is 4.84. The number of hydrogen-bond donors (Lipinski definition) is 2. The predicted molar refractivity (Wildman–Crippen MR) is 56.5 cm³/mol. The van der Waals surface area contributed by atoms with Gasteiger partial charge < -0.3 is 10.2 Å². The molecule has 0 bridgehead atoms. The molecule has 0 aromatic heterocycles. The van der Waals surface area contributed by atoms with Crippen molar-refractivity contribution in [2.24, 2.45) is 0 Å². The molecule has 0 radical (unpaired) electrons. The average molecular weight is 226 g/mol. The highest BCUT2D eigenvalue weighted by Gasteiger charge is 2.15. The van der Waals surface area contributed by atoms with E-state index in [4.69, 9.17) is 10.2 Å². The van der Waals surface area contributed by atoms with Crippen molar-refractivity contribution >= 4 is 23.7 Å². The molecule has 0 spiro atoms. The molecule has 0 atom stereocenters. The molecule has 2 N–H and O–H groups in total. The Kier molecular flexibility index (Phi) is 3.74. The minimum Gasteiger partial charge on any atom is -0.481 e. The summed E-state index contributed by atoms with van der Waals surface area (Å²) >= 11 is 1.34. The Hall–Kier alpha value is -1.49. The first-order valence-corrected chi connectivity index (χ1v) is 5.39. The number of benzene rings is 1. The maximum atomic E-state index is 10.9. The van der Waals surface area contributed by atoms with Gasteiger partial charge in [-0.05, 0) is 24.0 Å². The van der Waals surface area contributed by atoms with E-state index < -0.39 is 11.9 Å². The van der Waals surface area contributed by atoms with Crippen molar-refractivity contribution in [3.63, 3.8) is 0 Å². The highest BCUT2D eigenvalue weighted by atomic mass is 32.2. The highest BCUT2D eigenvalue weighted by molar-refractivity contribution is 7.98. The van der Waals surface area contributed by atoms with Crippen molar-refractivity contribution in [1.82, 2.24) is 0 Å². The van der Waals surface area contributed by atoms with Crippen LogP contribution in [0, 0.1) is 0 Å². The van der Waals surface area contributed by atoms with E-state index >= 15 is 0 Å². The average Bonchev–Trinajstić information content (AvgIpc) is 2.16. The molecule has 5 heteroatoms. The number of thioether (sulfide) groups is 1. The van der Waals surface area contributed by atoms with Crippen LogP contribution in [0.1, 0.15) is 15.9 Å². The van der Waals surface area contributed by atoms with Crippen molar-refractivity contribution in [2.75, 3.05) is 6.26 Å². The molecule has 1 rings (SSSR count). The Morgan fingerprint density at radius 1 is 1.33 bits per heavy atom.